The third kappa shape index (κ3) is 5.83. The number of likely N-dealkylation sites (tertiary alicyclic amines) is 2. The van der Waals surface area contributed by atoms with Crippen LogP contribution < -0.4 is 5.32 Å². The van der Waals surface area contributed by atoms with Gasteiger partial charge in [0.1, 0.15) is 11.9 Å². The zero-order valence-electron chi connectivity index (χ0n) is 18.8. The summed E-state index contributed by atoms with van der Waals surface area (Å²) in [4.78, 5) is 42.3. The highest BCUT2D eigenvalue weighted by atomic mass is 19.1. The summed E-state index contributed by atoms with van der Waals surface area (Å²) in [6.45, 7) is 8.69. The van der Waals surface area contributed by atoms with Crippen LogP contribution in [0.4, 0.5) is 4.39 Å². The van der Waals surface area contributed by atoms with Crippen LogP contribution in [0.5, 0.6) is 0 Å². The molecule has 0 aromatic heterocycles. The molecule has 3 amide bonds. The van der Waals surface area contributed by atoms with Crippen LogP contribution in [0.15, 0.2) is 24.3 Å². The summed E-state index contributed by atoms with van der Waals surface area (Å²) in [5.74, 6) is -0.268. The molecule has 6 nitrogen and oxygen atoms in total. The standard InChI is InChI=1S/C24H34FN3O3/c1-16(2)21(26-22(29)18-6-8-20(25)9-7-18)24(31)27-13-10-19(11-14-27)23(30)28-12-4-5-17(3)15-28/h6-9,16-17,19,21H,4-5,10-15H2,1-3H3,(H,26,29). The Bertz CT molecular complexity index is 788. The Morgan fingerprint density at radius 1 is 1.00 bits per heavy atom. The normalized spacial score (nSPS) is 21.1. The lowest BCUT2D eigenvalue weighted by Crippen LogP contribution is -2.54. The zero-order valence-corrected chi connectivity index (χ0v) is 18.8. The molecule has 7 heteroatoms. The molecule has 2 heterocycles. The van der Waals surface area contributed by atoms with E-state index in [0.717, 1.165) is 19.5 Å². The molecule has 3 rings (SSSR count). The highest BCUT2D eigenvalue weighted by Crippen LogP contribution is 2.24. The number of piperidine rings is 2. The van der Waals surface area contributed by atoms with Crippen molar-refractivity contribution >= 4 is 17.7 Å². The van der Waals surface area contributed by atoms with E-state index in [4.69, 9.17) is 0 Å². The smallest absolute Gasteiger partial charge is 0.251 e. The molecule has 2 atom stereocenters. The maximum Gasteiger partial charge on any atom is 0.251 e. The van der Waals surface area contributed by atoms with Gasteiger partial charge in [-0.05, 0) is 61.8 Å². The number of hydrogen-bond donors (Lipinski definition) is 1. The number of carbonyl (C=O) groups is 3. The van der Waals surface area contributed by atoms with Gasteiger partial charge in [0.15, 0.2) is 0 Å². The Hall–Kier alpha value is -2.44. The lowest BCUT2D eigenvalue weighted by molar-refractivity contribution is -0.143. The Morgan fingerprint density at radius 3 is 2.23 bits per heavy atom. The number of hydrogen-bond acceptors (Lipinski definition) is 3. The van der Waals surface area contributed by atoms with E-state index >= 15 is 0 Å². The molecule has 1 aromatic carbocycles. The number of halogens is 1. The number of nitrogens with zero attached hydrogens (tertiary/aromatic N) is 2. The van der Waals surface area contributed by atoms with Gasteiger partial charge in [0.25, 0.3) is 5.91 Å². The fraction of sp³-hybridized carbons (Fsp3) is 0.625. The fourth-order valence-corrected chi connectivity index (χ4v) is 4.53. The van der Waals surface area contributed by atoms with E-state index in [1.54, 1.807) is 4.90 Å². The summed E-state index contributed by atoms with van der Waals surface area (Å²) >= 11 is 0. The van der Waals surface area contributed by atoms with Gasteiger partial charge in [0, 0.05) is 37.7 Å². The highest BCUT2D eigenvalue weighted by molar-refractivity contribution is 5.97. The van der Waals surface area contributed by atoms with Gasteiger partial charge >= 0.3 is 0 Å². The minimum atomic E-state index is -0.659. The first kappa shape index (κ1) is 23.2. The SMILES string of the molecule is CC1CCCN(C(=O)C2CCN(C(=O)C(NC(=O)c3ccc(F)cc3)C(C)C)CC2)C1. The first-order chi connectivity index (χ1) is 14.8. The molecule has 0 spiro atoms. The average molecular weight is 432 g/mol. The molecule has 0 saturated carbocycles. The van der Waals surface area contributed by atoms with Crippen molar-refractivity contribution in [1.29, 1.82) is 0 Å². The second-order valence-corrected chi connectivity index (χ2v) is 9.33. The second-order valence-electron chi connectivity index (χ2n) is 9.33. The van der Waals surface area contributed by atoms with Crippen LogP contribution in [-0.2, 0) is 9.59 Å². The van der Waals surface area contributed by atoms with Crippen molar-refractivity contribution in [3.05, 3.63) is 35.6 Å². The van der Waals surface area contributed by atoms with Gasteiger partial charge in [0.2, 0.25) is 11.8 Å². The van der Waals surface area contributed by atoms with E-state index in [1.165, 1.54) is 30.7 Å². The second kappa shape index (κ2) is 10.2. The topological polar surface area (TPSA) is 69.7 Å². The Labute approximate surface area is 184 Å². The summed E-state index contributed by atoms with van der Waals surface area (Å²) in [5, 5.41) is 2.81. The summed E-state index contributed by atoms with van der Waals surface area (Å²) < 4.78 is 13.1. The lowest BCUT2D eigenvalue weighted by Gasteiger charge is -2.38. The molecule has 31 heavy (non-hydrogen) atoms. The van der Waals surface area contributed by atoms with Gasteiger partial charge in [0.05, 0.1) is 0 Å². The lowest BCUT2D eigenvalue weighted by atomic mass is 9.92. The van der Waals surface area contributed by atoms with Crippen LogP contribution >= 0.6 is 0 Å². The van der Waals surface area contributed by atoms with Gasteiger partial charge < -0.3 is 15.1 Å². The van der Waals surface area contributed by atoms with E-state index < -0.39 is 17.8 Å². The van der Waals surface area contributed by atoms with E-state index in [2.05, 4.69) is 12.2 Å². The molecule has 2 unspecified atom stereocenters. The maximum absolute atomic E-state index is 13.1. The third-order valence-electron chi connectivity index (χ3n) is 6.45. The molecule has 2 fully saturated rings. The van der Waals surface area contributed by atoms with E-state index in [-0.39, 0.29) is 23.7 Å². The number of carbonyl (C=O) groups excluding carboxylic acids is 3. The van der Waals surface area contributed by atoms with Gasteiger partial charge in [-0.3, -0.25) is 14.4 Å². The number of rotatable bonds is 5. The molecule has 170 valence electrons. The van der Waals surface area contributed by atoms with Crippen LogP contribution in [0.25, 0.3) is 0 Å². The average Bonchev–Trinajstić information content (AvgIpc) is 2.76. The van der Waals surface area contributed by atoms with Crippen molar-refractivity contribution in [2.24, 2.45) is 17.8 Å². The monoisotopic (exact) mass is 431 g/mol. The molecular weight excluding hydrogens is 397 g/mol. The van der Waals surface area contributed by atoms with Crippen molar-refractivity contribution < 1.29 is 18.8 Å². The third-order valence-corrected chi connectivity index (χ3v) is 6.45. The molecule has 2 aliphatic heterocycles. The number of benzene rings is 1. The van der Waals surface area contributed by atoms with Crippen molar-refractivity contribution in [1.82, 2.24) is 15.1 Å². The molecule has 0 bridgehead atoms. The van der Waals surface area contributed by atoms with E-state index in [0.29, 0.717) is 37.4 Å². The largest absolute Gasteiger partial charge is 0.342 e. The molecule has 2 aliphatic rings. The molecule has 0 aliphatic carbocycles. The minimum Gasteiger partial charge on any atom is -0.342 e. The Morgan fingerprint density at radius 2 is 1.65 bits per heavy atom. The first-order valence-electron chi connectivity index (χ1n) is 11.4. The molecule has 1 aromatic rings. The van der Waals surface area contributed by atoms with Gasteiger partial charge in [-0.1, -0.05) is 20.8 Å². The minimum absolute atomic E-state index is 0.0272. The molecule has 2 saturated heterocycles. The van der Waals surface area contributed by atoms with Gasteiger partial charge in [-0.15, -0.1) is 0 Å². The Balaban J connectivity index is 1.56. The maximum atomic E-state index is 13.1. The van der Waals surface area contributed by atoms with Crippen molar-refractivity contribution in [2.75, 3.05) is 26.2 Å². The van der Waals surface area contributed by atoms with Gasteiger partial charge in [-0.2, -0.15) is 0 Å². The van der Waals surface area contributed by atoms with Gasteiger partial charge in [-0.25, -0.2) is 4.39 Å². The summed E-state index contributed by atoms with van der Waals surface area (Å²) in [6, 6.07) is 4.61. The van der Waals surface area contributed by atoms with Crippen LogP contribution in [-0.4, -0.2) is 59.7 Å². The van der Waals surface area contributed by atoms with Crippen LogP contribution in [0.1, 0.15) is 56.8 Å². The number of amides is 3. The van der Waals surface area contributed by atoms with Crippen LogP contribution in [0, 0.1) is 23.6 Å². The van der Waals surface area contributed by atoms with Crippen LogP contribution in [0.3, 0.4) is 0 Å². The summed E-state index contributed by atoms with van der Waals surface area (Å²) in [6.07, 6.45) is 3.56. The number of nitrogens with one attached hydrogen (secondary N) is 1. The first-order valence-corrected chi connectivity index (χ1v) is 11.4. The molecule has 0 radical (unpaired) electrons. The van der Waals surface area contributed by atoms with E-state index in [9.17, 15) is 18.8 Å². The predicted molar refractivity (Wildman–Crippen MR) is 117 cm³/mol. The molecular formula is C24H34FN3O3. The van der Waals surface area contributed by atoms with Crippen molar-refractivity contribution in [3.63, 3.8) is 0 Å². The Kier molecular flexibility index (Phi) is 7.68. The van der Waals surface area contributed by atoms with E-state index in [1.807, 2.05) is 18.7 Å². The molecule has 1 N–H and O–H groups in total. The quantitative estimate of drug-likeness (QED) is 0.779. The summed E-state index contributed by atoms with van der Waals surface area (Å²) in [5.41, 5.74) is 0.319. The van der Waals surface area contributed by atoms with Crippen molar-refractivity contribution in [3.8, 4) is 0 Å². The summed E-state index contributed by atoms with van der Waals surface area (Å²) in [7, 11) is 0. The predicted octanol–water partition coefficient (Wildman–Crippen LogP) is 3.08. The van der Waals surface area contributed by atoms with Crippen molar-refractivity contribution in [2.45, 2.75) is 52.5 Å². The highest BCUT2D eigenvalue weighted by Gasteiger charge is 2.35. The fourth-order valence-electron chi connectivity index (χ4n) is 4.53. The van der Waals surface area contributed by atoms with Crippen LogP contribution in [0.2, 0.25) is 0 Å². The zero-order chi connectivity index (χ0) is 22.5.